The molecule has 3 fully saturated rings. The van der Waals surface area contributed by atoms with Gasteiger partial charge in [0.25, 0.3) is 5.91 Å². The van der Waals surface area contributed by atoms with Crippen LogP contribution in [0, 0.1) is 11.3 Å². The molecule has 5 unspecified atom stereocenters. The number of fused-ring (bicyclic) bond motifs is 6. The number of anilines is 1. The van der Waals surface area contributed by atoms with E-state index in [9.17, 15) is 15.0 Å². The number of aromatic amines is 1. The Kier molecular flexibility index (Phi) is 11.0. The third kappa shape index (κ3) is 6.17. The minimum atomic E-state index is -2.21. The molecule has 9 rings (SSSR count). The monoisotopic (exact) mass is 866 g/mol. The molecule has 1 aliphatic carbocycles. The van der Waals surface area contributed by atoms with E-state index in [1.807, 2.05) is 57.1 Å². The fraction of sp³-hybridized carbons (Fsp3) is 0.612. The summed E-state index contributed by atoms with van der Waals surface area (Å²) in [6, 6.07) is 11.1. The van der Waals surface area contributed by atoms with Crippen LogP contribution < -0.4 is 20.3 Å². The van der Waals surface area contributed by atoms with Crippen LogP contribution in [0.1, 0.15) is 81.7 Å². The van der Waals surface area contributed by atoms with E-state index in [0.29, 0.717) is 102 Å². The Bertz CT molecular complexity index is 2330. The smallest absolute Gasteiger partial charge is 0.322 e. The molecule has 6 heterocycles. The molecule has 14 nitrogen and oxygen atoms in total. The molecule has 2 bridgehead atoms. The summed E-state index contributed by atoms with van der Waals surface area (Å²) in [4.78, 5) is 54.3. The Hall–Kier alpha value is -4.47. The van der Waals surface area contributed by atoms with E-state index in [1.54, 1.807) is 7.11 Å². The van der Waals surface area contributed by atoms with E-state index < -0.39 is 57.4 Å². The van der Waals surface area contributed by atoms with Gasteiger partial charge in [-0.15, -0.1) is 0 Å². The van der Waals surface area contributed by atoms with Crippen LogP contribution >= 0.6 is 0 Å². The van der Waals surface area contributed by atoms with Gasteiger partial charge in [-0.1, -0.05) is 44.2 Å². The summed E-state index contributed by atoms with van der Waals surface area (Å²) in [5.41, 5.74) is -1.38. The van der Waals surface area contributed by atoms with E-state index >= 15 is 9.59 Å². The van der Waals surface area contributed by atoms with Crippen LogP contribution in [0.4, 0.5) is 5.69 Å². The van der Waals surface area contributed by atoms with Crippen LogP contribution in [-0.4, -0.2) is 146 Å². The molecule has 3 aromatic rings. The van der Waals surface area contributed by atoms with Crippen LogP contribution in [0.3, 0.4) is 0 Å². The second kappa shape index (κ2) is 15.9. The van der Waals surface area contributed by atoms with Crippen LogP contribution in [0.2, 0.25) is 0 Å². The Morgan fingerprint density at radius 1 is 1.00 bits per heavy atom. The molecule has 1 spiro atoms. The number of rotatable bonds is 11. The first kappa shape index (κ1) is 43.8. The number of aromatic nitrogens is 1. The average molecular weight is 867 g/mol. The first-order valence-electron chi connectivity index (χ1n) is 23.1. The normalized spacial score (nSPS) is 35.4. The van der Waals surface area contributed by atoms with Gasteiger partial charge in [0.1, 0.15) is 11.2 Å². The number of likely N-dealkylation sites (N-methyl/N-ethyl adjacent to an activating group) is 1. The first-order chi connectivity index (χ1) is 30.2. The van der Waals surface area contributed by atoms with Crippen molar-refractivity contribution in [3.63, 3.8) is 0 Å². The highest BCUT2D eigenvalue weighted by atomic mass is 16.6. The molecular formula is C49H66N6O8. The molecule has 14 heteroatoms. The van der Waals surface area contributed by atoms with E-state index in [1.165, 1.54) is 14.0 Å². The van der Waals surface area contributed by atoms with Gasteiger partial charge in [0, 0.05) is 97.5 Å². The van der Waals surface area contributed by atoms with E-state index in [4.69, 9.17) is 14.2 Å². The molecule has 2 saturated heterocycles. The van der Waals surface area contributed by atoms with Gasteiger partial charge in [-0.2, -0.15) is 0 Å². The average Bonchev–Trinajstić information content (AvgIpc) is 3.94. The SMILES string of the molecule is CC[C@]1(O)CC2CN(CCc3c([nH]c4ccccc34)[C@@](C(=O)OC)(c3cc4c(cc3OC)N(C)C3C45CCN4CC=C[C@](CC)(C45)[C@@H](OC(C)=O)[C@]3(O)C(=O)NCCCNC)C2)C1. The van der Waals surface area contributed by atoms with Gasteiger partial charge in [0.15, 0.2) is 6.10 Å². The largest absolute Gasteiger partial charge is 0.496 e. The maximum atomic E-state index is 15.4. The number of piperidine rings is 1. The number of benzene rings is 2. The number of carbonyl (C=O) groups excluding carboxylic acids is 3. The van der Waals surface area contributed by atoms with Crippen molar-refractivity contribution in [2.75, 3.05) is 79.0 Å². The molecule has 0 radical (unpaired) electrons. The zero-order chi connectivity index (χ0) is 44.7. The summed E-state index contributed by atoms with van der Waals surface area (Å²) in [5.74, 6) is -1.21. The Morgan fingerprint density at radius 2 is 1.79 bits per heavy atom. The van der Waals surface area contributed by atoms with Crippen molar-refractivity contribution < 1.29 is 38.8 Å². The number of H-pyrrole nitrogens is 1. The van der Waals surface area contributed by atoms with Crippen molar-refractivity contribution in [2.45, 2.75) is 106 Å². The molecule has 1 saturated carbocycles. The Labute approximate surface area is 370 Å². The summed E-state index contributed by atoms with van der Waals surface area (Å²) < 4.78 is 18.7. The quantitative estimate of drug-likeness (QED) is 0.108. The summed E-state index contributed by atoms with van der Waals surface area (Å²) in [7, 11) is 6.83. The summed E-state index contributed by atoms with van der Waals surface area (Å²) in [6.07, 6.45) is 6.78. The fourth-order valence-electron chi connectivity index (χ4n) is 14.0. The second-order valence-corrected chi connectivity index (χ2v) is 19.4. The highest BCUT2D eigenvalue weighted by molar-refractivity contribution is 5.95. The Balaban J connectivity index is 1.33. The molecule has 5 aliphatic heterocycles. The Morgan fingerprint density at radius 3 is 2.51 bits per heavy atom. The van der Waals surface area contributed by atoms with Crippen LogP contribution in [0.25, 0.3) is 10.9 Å². The number of ether oxygens (including phenoxy) is 3. The molecule has 1 aromatic heterocycles. The van der Waals surface area contributed by atoms with Gasteiger partial charge >= 0.3 is 11.9 Å². The number of nitrogens with zero attached hydrogens (tertiary/aromatic N) is 3. The van der Waals surface area contributed by atoms with Gasteiger partial charge in [0.2, 0.25) is 5.60 Å². The lowest BCUT2D eigenvalue weighted by Crippen LogP contribution is -2.82. The number of hydrogen-bond acceptors (Lipinski definition) is 12. The van der Waals surface area contributed by atoms with Crippen LogP contribution in [0.5, 0.6) is 5.75 Å². The highest BCUT2D eigenvalue weighted by Gasteiger charge is 2.80. The highest BCUT2D eigenvalue weighted by Crippen LogP contribution is 2.68. The van der Waals surface area contributed by atoms with Crippen molar-refractivity contribution in [2.24, 2.45) is 11.3 Å². The summed E-state index contributed by atoms with van der Waals surface area (Å²) in [6.45, 7) is 9.73. The molecule has 10 atom stereocenters. The number of hydrogen-bond donors (Lipinski definition) is 5. The topological polar surface area (TPSA) is 169 Å². The second-order valence-electron chi connectivity index (χ2n) is 19.4. The van der Waals surface area contributed by atoms with Crippen molar-refractivity contribution in [3.05, 3.63) is 70.9 Å². The summed E-state index contributed by atoms with van der Waals surface area (Å²) in [5, 5.41) is 33.0. The lowest BCUT2D eigenvalue weighted by atomic mass is 9.47. The number of nitrogens with one attached hydrogen (secondary N) is 3. The predicted octanol–water partition coefficient (Wildman–Crippen LogP) is 3.54. The zero-order valence-corrected chi connectivity index (χ0v) is 38.0. The standard InChI is InChI=1S/C49H66N6O8/c1-8-45(59)26-31-27-48(44(58)62-7,39-33(16-22-54(28-31)29-45)32-14-10-11-15-36(32)52-39)35-24-34-37(25-38(35)61-6)53(5)41-47(34)18-23-55-21-12-17-46(9-2,40(47)55)42(63-30(3)56)49(41,60)43(57)51-20-13-19-50-4/h10-12,14-15,17,24-25,31,40-42,50,52,59-60H,8-9,13,16,18-23,26-29H2,1-7H3,(H,51,57)/t31?,40?,41?,42-,45+,46-,47?,48+,49+/m1/s1. The van der Waals surface area contributed by atoms with Crippen LogP contribution in [-0.2, 0) is 41.1 Å². The number of esters is 2. The first-order valence-corrected chi connectivity index (χ1v) is 23.1. The van der Waals surface area contributed by atoms with Crippen molar-refractivity contribution >= 4 is 34.4 Å². The maximum absolute atomic E-state index is 15.4. The maximum Gasteiger partial charge on any atom is 0.322 e. The molecule has 63 heavy (non-hydrogen) atoms. The van der Waals surface area contributed by atoms with E-state index in [-0.39, 0.29) is 12.0 Å². The summed E-state index contributed by atoms with van der Waals surface area (Å²) >= 11 is 0. The van der Waals surface area contributed by atoms with Crippen LogP contribution in [0.15, 0.2) is 48.6 Å². The van der Waals surface area contributed by atoms with Gasteiger partial charge in [-0.05, 0) is 94.3 Å². The molecule has 2 aromatic carbocycles. The minimum absolute atomic E-state index is 0.0965. The molecule has 1 amide bonds. The number of para-hydroxylation sites is 1. The van der Waals surface area contributed by atoms with Crippen molar-refractivity contribution in [1.82, 2.24) is 25.4 Å². The van der Waals surface area contributed by atoms with Gasteiger partial charge in [-0.25, -0.2) is 0 Å². The number of carbonyl (C=O) groups is 3. The zero-order valence-electron chi connectivity index (χ0n) is 38.0. The number of aliphatic hydroxyl groups is 2. The van der Waals surface area contributed by atoms with Crippen molar-refractivity contribution in [3.8, 4) is 5.75 Å². The molecular weight excluding hydrogens is 801 g/mol. The number of methoxy groups -OCH3 is 2. The van der Waals surface area contributed by atoms with Gasteiger partial charge in [-0.3, -0.25) is 24.2 Å². The lowest BCUT2D eigenvalue weighted by Gasteiger charge is -2.63. The lowest BCUT2D eigenvalue weighted by molar-refractivity contribution is -0.218. The molecule has 340 valence electrons. The number of amides is 1. The van der Waals surface area contributed by atoms with Crippen molar-refractivity contribution in [1.29, 1.82) is 0 Å². The third-order valence-corrected chi connectivity index (χ3v) is 16.3. The third-order valence-electron chi connectivity index (χ3n) is 16.3. The predicted molar refractivity (Wildman–Crippen MR) is 240 cm³/mol. The minimum Gasteiger partial charge on any atom is -0.496 e. The molecule has 6 aliphatic rings. The van der Waals surface area contributed by atoms with Gasteiger partial charge < -0.3 is 44.9 Å². The van der Waals surface area contributed by atoms with E-state index in [0.717, 1.165) is 33.4 Å². The fourth-order valence-corrected chi connectivity index (χ4v) is 14.0. The van der Waals surface area contributed by atoms with Gasteiger partial charge in [0.05, 0.1) is 25.9 Å². The molecule has 5 N–H and O–H groups in total. The van der Waals surface area contributed by atoms with E-state index in [2.05, 4.69) is 49.7 Å².